The number of nitrogens with zero attached hydrogens (tertiary/aromatic N) is 1. The maximum atomic E-state index is 12.1. The maximum Gasteiger partial charge on any atom is 0.219 e. The predicted octanol–water partition coefficient (Wildman–Crippen LogP) is 4.47. The lowest BCUT2D eigenvalue weighted by Crippen LogP contribution is -2.57. The maximum absolute atomic E-state index is 12.1. The van der Waals surface area contributed by atoms with Crippen LogP contribution in [-0.4, -0.2) is 48.4 Å². The SMILES string of the molecule is CCc1ccccc1[C@H]1CC[C@@H](OC[C@H]2[C@@H](NOSC)CCCN2C(C)=O)CC1. The van der Waals surface area contributed by atoms with Crippen LogP contribution in [0.1, 0.15) is 69.4 Å². The quantitative estimate of drug-likeness (QED) is 0.497. The average Bonchev–Trinajstić information content (AvgIpc) is 2.76. The zero-order valence-electron chi connectivity index (χ0n) is 18.1. The summed E-state index contributed by atoms with van der Waals surface area (Å²) in [5.74, 6) is 0.771. The molecule has 1 heterocycles. The lowest BCUT2D eigenvalue weighted by molar-refractivity contribution is -0.137. The van der Waals surface area contributed by atoms with Crippen LogP contribution in [0.15, 0.2) is 24.3 Å². The summed E-state index contributed by atoms with van der Waals surface area (Å²) < 4.78 is 11.7. The van der Waals surface area contributed by atoms with Crippen molar-refractivity contribution < 1.29 is 13.8 Å². The van der Waals surface area contributed by atoms with Gasteiger partial charge < -0.3 is 9.64 Å². The van der Waals surface area contributed by atoms with Crippen molar-refractivity contribution >= 4 is 17.9 Å². The minimum absolute atomic E-state index is 0.0342. The first-order valence-electron chi connectivity index (χ1n) is 11.1. The summed E-state index contributed by atoms with van der Waals surface area (Å²) in [7, 11) is 0. The molecule has 1 aliphatic carbocycles. The Hall–Kier alpha value is -1.08. The molecule has 0 aromatic heterocycles. The van der Waals surface area contributed by atoms with Crippen molar-refractivity contribution in [2.75, 3.05) is 19.4 Å². The van der Waals surface area contributed by atoms with Gasteiger partial charge in [-0.2, -0.15) is 5.48 Å². The number of piperidine rings is 1. The number of hydroxylamine groups is 1. The smallest absolute Gasteiger partial charge is 0.219 e. The van der Waals surface area contributed by atoms with E-state index >= 15 is 0 Å². The van der Waals surface area contributed by atoms with Gasteiger partial charge in [-0.1, -0.05) is 31.2 Å². The van der Waals surface area contributed by atoms with Crippen molar-refractivity contribution in [1.29, 1.82) is 0 Å². The molecule has 1 aromatic carbocycles. The molecule has 2 atom stereocenters. The van der Waals surface area contributed by atoms with Crippen LogP contribution in [0, 0.1) is 0 Å². The monoisotopic (exact) mass is 420 g/mol. The van der Waals surface area contributed by atoms with Crippen LogP contribution >= 0.6 is 12.0 Å². The van der Waals surface area contributed by atoms with Gasteiger partial charge in [0.25, 0.3) is 0 Å². The summed E-state index contributed by atoms with van der Waals surface area (Å²) in [5, 5.41) is 0. The van der Waals surface area contributed by atoms with Crippen molar-refractivity contribution in [3.05, 3.63) is 35.4 Å². The molecule has 0 unspecified atom stereocenters. The summed E-state index contributed by atoms with van der Waals surface area (Å²) in [6.07, 6.45) is 9.81. The van der Waals surface area contributed by atoms with Crippen LogP contribution in [-0.2, 0) is 20.2 Å². The number of nitrogens with one attached hydrogen (secondary N) is 1. The lowest BCUT2D eigenvalue weighted by Gasteiger charge is -2.41. The van der Waals surface area contributed by atoms with Gasteiger partial charge in [-0.15, -0.1) is 0 Å². The molecule has 2 fully saturated rings. The molecule has 3 rings (SSSR count). The van der Waals surface area contributed by atoms with E-state index in [2.05, 4.69) is 36.7 Å². The van der Waals surface area contributed by atoms with Gasteiger partial charge in [-0.05, 0) is 62.0 Å². The molecule has 0 spiro atoms. The molecule has 1 aromatic rings. The second-order valence-corrected chi connectivity index (χ2v) is 8.76. The predicted molar refractivity (Wildman–Crippen MR) is 119 cm³/mol. The van der Waals surface area contributed by atoms with E-state index in [9.17, 15) is 4.79 Å². The van der Waals surface area contributed by atoms with Crippen molar-refractivity contribution in [3.8, 4) is 0 Å². The fraction of sp³-hybridized carbons (Fsp3) is 0.696. The molecule has 2 aliphatic rings. The van der Waals surface area contributed by atoms with Crippen molar-refractivity contribution in [3.63, 3.8) is 0 Å². The first kappa shape index (κ1) is 22.6. The highest BCUT2D eigenvalue weighted by molar-refractivity contribution is 7.93. The molecule has 0 bridgehead atoms. The van der Waals surface area contributed by atoms with Crippen LogP contribution in [0.5, 0.6) is 0 Å². The second-order valence-electron chi connectivity index (χ2n) is 8.26. The first-order valence-corrected chi connectivity index (χ1v) is 12.2. The van der Waals surface area contributed by atoms with Crippen molar-refractivity contribution in [2.45, 2.75) is 82.9 Å². The Morgan fingerprint density at radius 2 is 1.97 bits per heavy atom. The van der Waals surface area contributed by atoms with Gasteiger partial charge in [0.15, 0.2) is 0 Å². The molecule has 6 heteroatoms. The summed E-state index contributed by atoms with van der Waals surface area (Å²) in [4.78, 5) is 14.1. The number of amides is 1. The molecule has 29 heavy (non-hydrogen) atoms. The Morgan fingerprint density at radius 1 is 1.21 bits per heavy atom. The van der Waals surface area contributed by atoms with Gasteiger partial charge in [0, 0.05) is 31.8 Å². The molecule has 0 radical (unpaired) electrons. The Balaban J connectivity index is 1.54. The van der Waals surface area contributed by atoms with Crippen LogP contribution in [0.4, 0.5) is 0 Å². The highest BCUT2D eigenvalue weighted by Gasteiger charge is 2.34. The molecule has 1 saturated carbocycles. The van der Waals surface area contributed by atoms with Crippen molar-refractivity contribution in [2.24, 2.45) is 0 Å². The highest BCUT2D eigenvalue weighted by atomic mass is 32.2. The van der Waals surface area contributed by atoms with Crippen LogP contribution in [0.25, 0.3) is 0 Å². The van der Waals surface area contributed by atoms with Crippen LogP contribution in [0.2, 0.25) is 0 Å². The number of aryl methyl sites for hydroxylation is 1. The fourth-order valence-corrected chi connectivity index (χ4v) is 5.15. The zero-order chi connectivity index (χ0) is 20.6. The Bertz CT molecular complexity index is 649. The molecular weight excluding hydrogens is 384 g/mol. The van der Waals surface area contributed by atoms with Gasteiger partial charge in [0.2, 0.25) is 5.91 Å². The molecule has 1 saturated heterocycles. The topological polar surface area (TPSA) is 50.8 Å². The van der Waals surface area contributed by atoms with Gasteiger partial charge >= 0.3 is 0 Å². The van der Waals surface area contributed by atoms with Gasteiger partial charge in [-0.25, -0.2) is 4.28 Å². The number of carbonyl (C=O) groups excluding carboxylic acids is 1. The molecular formula is C23H36N2O3S. The van der Waals surface area contributed by atoms with E-state index in [1.54, 1.807) is 6.92 Å². The lowest BCUT2D eigenvalue weighted by atomic mass is 9.80. The Morgan fingerprint density at radius 3 is 2.66 bits per heavy atom. The summed E-state index contributed by atoms with van der Waals surface area (Å²) in [6, 6.07) is 9.04. The second kappa shape index (κ2) is 11.3. The van der Waals surface area contributed by atoms with E-state index < -0.39 is 0 Å². The Kier molecular flexibility index (Phi) is 8.85. The molecule has 162 valence electrons. The number of ether oxygens (including phenoxy) is 1. The first-order chi connectivity index (χ1) is 14.1. The minimum Gasteiger partial charge on any atom is -0.376 e. The zero-order valence-corrected chi connectivity index (χ0v) is 18.9. The van der Waals surface area contributed by atoms with Crippen LogP contribution in [0.3, 0.4) is 0 Å². The number of benzene rings is 1. The largest absolute Gasteiger partial charge is 0.376 e. The Labute approximate surface area is 180 Å². The summed E-state index contributed by atoms with van der Waals surface area (Å²) in [5.41, 5.74) is 6.14. The van der Waals surface area contributed by atoms with E-state index in [0.717, 1.165) is 38.6 Å². The molecule has 1 amide bonds. The van der Waals surface area contributed by atoms with Crippen molar-refractivity contribution in [1.82, 2.24) is 10.4 Å². The van der Waals surface area contributed by atoms with Crippen LogP contribution < -0.4 is 5.48 Å². The van der Waals surface area contributed by atoms with E-state index in [1.165, 1.54) is 36.0 Å². The third-order valence-corrected chi connectivity index (χ3v) is 6.78. The summed E-state index contributed by atoms with van der Waals surface area (Å²) in [6.45, 7) is 5.28. The number of likely N-dealkylation sites (tertiary alicyclic amines) is 1. The van der Waals surface area contributed by atoms with Gasteiger partial charge in [0.05, 0.1) is 24.8 Å². The third kappa shape index (κ3) is 5.97. The van der Waals surface area contributed by atoms with E-state index in [0.29, 0.717) is 12.5 Å². The summed E-state index contributed by atoms with van der Waals surface area (Å²) >= 11 is 1.30. The van der Waals surface area contributed by atoms with Gasteiger partial charge in [0.1, 0.15) is 0 Å². The minimum atomic E-state index is 0.0342. The number of hydrogen-bond donors (Lipinski definition) is 1. The van der Waals surface area contributed by atoms with E-state index in [-0.39, 0.29) is 24.1 Å². The number of rotatable bonds is 8. The standard InChI is InChI=1S/C23H36N2O3S/c1-4-18-8-5-6-9-21(18)19-11-13-20(14-12-19)27-16-23-22(24-28-29-3)10-7-15-25(23)17(2)26/h5-6,8-9,19-20,22-24H,4,7,10-16H2,1-3H3/t19-,20+,22-,23-/m0/s1. The van der Waals surface area contributed by atoms with E-state index in [4.69, 9.17) is 9.02 Å². The third-order valence-electron chi connectivity index (χ3n) is 6.52. The molecule has 5 nitrogen and oxygen atoms in total. The normalized spacial score (nSPS) is 27.8. The number of hydrogen-bond acceptors (Lipinski definition) is 5. The number of carbonyl (C=O) groups is 1. The van der Waals surface area contributed by atoms with Gasteiger partial charge in [-0.3, -0.25) is 4.79 Å². The fourth-order valence-electron chi connectivity index (χ4n) is 4.93. The molecule has 1 N–H and O–H groups in total. The highest BCUT2D eigenvalue weighted by Crippen LogP contribution is 2.36. The molecule has 1 aliphatic heterocycles. The van der Waals surface area contributed by atoms with E-state index in [1.807, 2.05) is 11.2 Å². The average molecular weight is 421 g/mol.